The second-order valence-electron chi connectivity index (χ2n) is 6.41. The van der Waals surface area contributed by atoms with Crippen LogP contribution in [0.2, 0.25) is 0 Å². The van der Waals surface area contributed by atoms with Crippen molar-refractivity contribution in [1.29, 1.82) is 0 Å². The molecule has 0 aromatic heterocycles. The topological polar surface area (TPSA) is 73.9 Å². The molecule has 3 rings (SSSR count). The van der Waals surface area contributed by atoms with Crippen molar-refractivity contribution >= 4 is 12.1 Å². The van der Waals surface area contributed by atoms with Gasteiger partial charge >= 0.3 is 12.1 Å². The SMILES string of the molecule is COC(=O)[C@@H](NC(=O)OCC1c2ccccc2-c2ccccc21)C(C)OC. The Morgan fingerprint density at radius 2 is 1.56 bits per heavy atom. The summed E-state index contributed by atoms with van der Waals surface area (Å²) in [6.07, 6.45) is -1.23. The van der Waals surface area contributed by atoms with Gasteiger partial charge in [-0.25, -0.2) is 9.59 Å². The summed E-state index contributed by atoms with van der Waals surface area (Å²) in [5.74, 6) is -0.627. The molecule has 0 saturated carbocycles. The first-order valence-electron chi connectivity index (χ1n) is 8.79. The first kappa shape index (κ1) is 18.9. The number of hydrogen-bond donors (Lipinski definition) is 1. The number of esters is 1. The average molecular weight is 369 g/mol. The van der Waals surface area contributed by atoms with Gasteiger partial charge in [-0.15, -0.1) is 0 Å². The quantitative estimate of drug-likeness (QED) is 0.792. The van der Waals surface area contributed by atoms with Gasteiger partial charge in [0.15, 0.2) is 6.04 Å². The third-order valence-corrected chi connectivity index (χ3v) is 4.91. The predicted molar refractivity (Wildman–Crippen MR) is 100 cm³/mol. The molecule has 0 bridgehead atoms. The minimum atomic E-state index is -0.935. The van der Waals surface area contributed by atoms with Crippen LogP contribution in [0.5, 0.6) is 0 Å². The molecule has 1 aliphatic carbocycles. The number of hydrogen-bond acceptors (Lipinski definition) is 5. The number of rotatable bonds is 6. The zero-order chi connectivity index (χ0) is 19.4. The van der Waals surface area contributed by atoms with Crippen LogP contribution in [0.4, 0.5) is 4.79 Å². The van der Waals surface area contributed by atoms with E-state index in [1.165, 1.54) is 14.2 Å². The highest BCUT2D eigenvalue weighted by molar-refractivity contribution is 5.82. The maximum Gasteiger partial charge on any atom is 0.407 e. The normalized spacial score (nSPS) is 14.6. The zero-order valence-corrected chi connectivity index (χ0v) is 15.6. The lowest BCUT2D eigenvalue weighted by molar-refractivity contribution is -0.146. The molecule has 1 amide bonds. The van der Waals surface area contributed by atoms with Gasteiger partial charge in [-0.3, -0.25) is 0 Å². The molecule has 2 aromatic carbocycles. The third-order valence-electron chi connectivity index (χ3n) is 4.91. The summed E-state index contributed by atoms with van der Waals surface area (Å²) in [6.45, 7) is 1.85. The summed E-state index contributed by atoms with van der Waals surface area (Å²) < 4.78 is 15.3. The Kier molecular flexibility index (Phi) is 5.76. The molecule has 1 aliphatic rings. The fourth-order valence-electron chi connectivity index (χ4n) is 3.40. The predicted octanol–water partition coefficient (Wildman–Crippen LogP) is 3.10. The van der Waals surface area contributed by atoms with Crippen molar-refractivity contribution in [3.63, 3.8) is 0 Å². The second-order valence-corrected chi connectivity index (χ2v) is 6.41. The van der Waals surface area contributed by atoms with Crippen molar-refractivity contribution in [3.05, 3.63) is 59.7 Å². The van der Waals surface area contributed by atoms with E-state index in [9.17, 15) is 9.59 Å². The van der Waals surface area contributed by atoms with Gasteiger partial charge in [0.1, 0.15) is 6.61 Å². The van der Waals surface area contributed by atoms with Gasteiger partial charge in [0.2, 0.25) is 0 Å². The van der Waals surface area contributed by atoms with Gasteiger partial charge in [0.05, 0.1) is 13.2 Å². The van der Waals surface area contributed by atoms with Gasteiger partial charge in [-0.05, 0) is 29.2 Å². The van der Waals surface area contributed by atoms with E-state index in [0.717, 1.165) is 22.3 Å². The maximum atomic E-state index is 12.3. The van der Waals surface area contributed by atoms with E-state index in [-0.39, 0.29) is 12.5 Å². The van der Waals surface area contributed by atoms with E-state index in [1.807, 2.05) is 36.4 Å². The Morgan fingerprint density at radius 1 is 1.00 bits per heavy atom. The van der Waals surface area contributed by atoms with E-state index < -0.39 is 24.2 Å². The van der Waals surface area contributed by atoms with Crippen LogP contribution < -0.4 is 5.32 Å². The molecule has 6 heteroatoms. The summed E-state index contributed by atoms with van der Waals surface area (Å²) in [4.78, 5) is 24.1. The number of nitrogens with one attached hydrogen (secondary N) is 1. The molecule has 27 heavy (non-hydrogen) atoms. The van der Waals surface area contributed by atoms with Gasteiger partial charge in [-0.1, -0.05) is 48.5 Å². The number of carbonyl (C=O) groups is 2. The van der Waals surface area contributed by atoms with Crippen molar-refractivity contribution in [2.45, 2.75) is 25.0 Å². The number of benzene rings is 2. The fourth-order valence-corrected chi connectivity index (χ4v) is 3.40. The highest BCUT2D eigenvalue weighted by Crippen LogP contribution is 2.44. The van der Waals surface area contributed by atoms with E-state index in [2.05, 4.69) is 17.4 Å². The van der Waals surface area contributed by atoms with Crippen LogP contribution in [-0.2, 0) is 19.0 Å². The Bertz CT molecular complexity index is 789. The lowest BCUT2D eigenvalue weighted by atomic mass is 9.98. The first-order valence-corrected chi connectivity index (χ1v) is 8.79. The van der Waals surface area contributed by atoms with Gasteiger partial charge < -0.3 is 19.5 Å². The molecule has 0 heterocycles. The van der Waals surface area contributed by atoms with E-state index in [4.69, 9.17) is 14.2 Å². The number of fused-ring (bicyclic) bond motifs is 3. The Labute approximate surface area is 158 Å². The second kappa shape index (κ2) is 8.22. The van der Waals surface area contributed by atoms with Crippen molar-refractivity contribution in [3.8, 4) is 11.1 Å². The summed E-state index contributed by atoms with van der Waals surface area (Å²) >= 11 is 0. The van der Waals surface area contributed by atoms with Crippen LogP contribution in [0, 0.1) is 0 Å². The standard InChI is InChI=1S/C21H23NO5/c1-13(25-2)19(20(23)26-3)22-21(24)27-12-18-16-10-6-4-8-14(16)15-9-5-7-11-17(15)18/h4-11,13,18-19H,12H2,1-3H3,(H,22,24)/t13?,19-/m0/s1. The van der Waals surface area contributed by atoms with Crippen LogP contribution >= 0.6 is 0 Å². The molecule has 0 aliphatic heterocycles. The molecular weight excluding hydrogens is 346 g/mol. The minimum absolute atomic E-state index is 0.0421. The van der Waals surface area contributed by atoms with Gasteiger partial charge in [-0.2, -0.15) is 0 Å². The lowest BCUT2D eigenvalue weighted by Gasteiger charge is -2.22. The summed E-state index contributed by atoms with van der Waals surface area (Å²) in [5, 5.41) is 2.53. The van der Waals surface area contributed by atoms with Crippen LogP contribution in [0.15, 0.2) is 48.5 Å². The molecule has 6 nitrogen and oxygen atoms in total. The number of ether oxygens (including phenoxy) is 3. The fraction of sp³-hybridized carbons (Fsp3) is 0.333. The Balaban J connectivity index is 1.71. The molecule has 2 atom stereocenters. The largest absolute Gasteiger partial charge is 0.467 e. The molecule has 142 valence electrons. The summed E-state index contributed by atoms with van der Waals surface area (Å²) in [6, 6.07) is 15.3. The number of carbonyl (C=O) groups excluding carboxylic acids is 2. The Hall–Kier alpha value is -2.86. The van der Waals surface area contributed by atoms with Crippen molar-refractivity contribution in [2.24, 2.45) is 0 Å². The highest BCUT2D eigenvalue weighted by atomic mass is 16.6. The zero-order valence-electron chi connectivity index (χ0n) is 15.6. The van der Waals surface area contributed by atoms with Crippen LogP contribution in [0.1, 0.15) is 24.0 Å². The molecule has 1 unspecified atom stereocenters. The van der Waals surface area contributed by atoms with Crippen molar-refractivity contribution in [2.75, 3.05) is 20.8 Å². The average Bonchev–Trinajstić information content (AvgIpc) is 3.03. The number of alkyl carbamates (subject to hydrolysis) is 1. The van der Waals surface area contributed by atoms with E-state index in [0.29, 0.717) is 0 Å². The Morgan fingerprint density at radius 3 is 2.07 bits per heavy atom. The van der Waals surface area contributed by atoms with Crippen LogP contribution in [0.3, 0.4) is 0 Å². The molecular formula is C21H23NO5. The highest BCUT2D eigenvalue weighted by Gasteiger charge is 2.31. The maximum absolute atomic E-state index is 12.3. The molecule has 0 spiro atoms. The van der Waals surface area contributed by atoms with Gasteiger partial charge in [0, 0.05) is 13.0 Å². The molecule has 1 N–H and O–H groups in total. The first-order chi connectivity index (χ1) is 13.1. The van der Waals surface area contributed by atoms with Gasteiger partial charge in [0.25, 0.3) is 0 Å². The number of amides is 1. The molecule has 0 saturated heterocycles. The van der Waals surface area contributed by atoms with Crippen LogP contribution in [-0.4, -0.2) is 45.0 Å². The monoisotopic (exact) mass is 369 g/mol. The molecule has 0 radical (unpaired) electrons. The van der Waals surface area contributed by atoms with E-state index in [1.54, 1.807) is 6.92 Å². The molecule has 0 fully saturated rings. The lowest BCUT2D eigenvalue weighted by Crippen LogP contribution is -2.49. The smallest absolute Gasteiger partial charge is 0.407 e. The third kappa shape index (κ3) is 3.80. The minimum Gasteiger partial charge on any atom is -0.467 e. The van der Waals surface area contributed by atoms with Crippen molar-refractivity contribution < 1.29 is 23.8 Å². The summed E-state index contributed by atoms with van der Waals surface area (Å²) in [7, 11) is 2.72. The van der Waals surface area contributed by atoms with Crippen LogP contribution in [0.25, 0.3) is 11.1 Å². The summed E-state index contributed by atoms with van der Waals surface area (Å²) in [5.41, 5.74) is 4.56. The number of methoxy groups -OCH3 is 2. The van der Waals surface area contributed by atoms with Crippen molar-refractivity contribution in [1.82, 2.24) is 5.32 Å². The molecule has 2 aromatic rings. The van der Waals surface area contributed by atoms with E-state index >= 15 is 0 Å².